The number of carbonyl (C=O) groups is 1. The fraction of sp³-hybridized carbons (Fsp3) is 0.538. The van der Waals surface area contributed by atoms with Gasteiger partial charge in [-0.25, -0.2) is 4.79 Å². The Morgan fingerprint density at radius 2 is 2.18 bits per heavy atom. The highest BCUT2D eigenvalue weighted by molar-refractivity contribution is 5.74. The Kier molecular flexibility index (Phi) is 3.96. The van der Waals surface area contributed by atoms with Crippen LogP contribution in [0, 0.1) is 0 Å². The third-order valence-corrected chi connectivity index (χ3v) is 3.17. The summed E-state index contributed by atoms with van der Waals surface area (Å²) in [4.78, 5) is 16.0. The van der Waals surface area contributed by atoms with Crippen molar-refractivity contribution in [3.05, 3.63) is 30.1 Å². The first-order chi connectivity index (χ1) is 8.25. The van der Waals surface area contributed by atoms with Gasteiger partial charge in [0.05, 0.1) is 11.7 Å². The number of urea groups is 1. The molecule has 1 aromatic heterocycles. The van der Waals surface area contributed by atoms with E-state index in [-0.39, 0.29) is 12.1 Å². The number of pyridine rings is 1. The molecule has 1 atom stereocenters. The van der Waals surface area contributed by atoms with Gasteiger partial charge in [0.2, 0.25) is 0 Å². The van der Waals surface area contributed by atoms with Gasteiger partial charge >= 0.3 is 6.03 Å². The molecule has 0 aliphatic heterocycles. The van der Waals surface area contributed by atoms with Crippen LogP contribution in [-0.2, 0) is 0 Å². The predicted octanol–water partition coefficient (Wildman–Crippen LogP) is 2.38. The average molecular weight is 233 g/mol. The van der Waals surface area contributed by atoms with Crippen molar-refractivity contribution in [2.24, 2.45) is 0 Å². The number of aromatic nitrogens is 1. The first kappa shape index (κ1) is 11.9. The van der Waals surface area contributed by atoms with E-state index >= 15 is 0 Å². The van der Waals surface area contributed by atoms with E-state index in [1.165, 1.54) is 12.8 Å². The molecule has 4 heteroatoms. The van der Waals surface area contributed by atoms with E-state index in [2.05, 4.69) is 15.6 Å². The highest BCUT2D eigenvalue weighted by Crippen LogP contribution is 2.17. The Bertz CT molecular complexity index is 360. The SMILES string of the molecule is C[C@H](NC(=O)NC1CCCC1)c1ccccn1. The van der Waals surface area contributed by atoms with Gasteiger partial charge in [0.15, 0.2) is 0 Å². The van der Waals surface area contributed by atoms with E-state index in [1.807, 2.05) is 25.1 Å². The summed E-state index contributed by atoms with van der Waals surface area (Å²) >= 11 is 0. The zero-order valence-corrected chi connectivity index (χ0v) is 10.1. The van der Waals surface area contributed by atoms with Crippen LogP contribution in [-0.4, -0.2) is 17.1 Å². The lowest BCUT2D eigenvalue weighted by atomic mass is 10.2. The minimum absolute atomic E-state index is 0.0578. The van der Waals surface area contributed by atoms with Crippen LogP contribution in [0.2, 0.25) is 0 Å². The van der Waals surface area contributed by atoms with Gasteiger partial charge in [-0.1, -0.05) is 18.9 Å². The molecule has 1 heterocycles. The van der Waals surface area contributed by atoms with E-state index in [0.29, 0.717) is 6.04 Å². The standard InChI is InChI=1S/C13H19N3O/c1-10(12-8-4-5-9-14-12)15-13(17)16-11-6-2-3-7-11/h4-5,8-11H,2-3,6-7H2,1H3,(H2,15,16,17)/t10-/m0/s1. The monoisotopic (exact) mass is 233 g/mol. The van der Waals surface area contributed by atoms with E-state index in [9.17, 15) is 4.79 Å². The Morgan fingerprint density at radius 1 is 1.41 bits per heavy atom. The third kappa shape index (κ3) is 3.44. The quantitative estimate of drug-likeness (QED) is 0.842. The molecule has 0 saturated heterocycles. The summed E-state index contributed by atoms with van der Waals surface area (Å²) in [7, 11) is 0. The summed E-state index contributed by atoms with van der Waals surface area (Å²) in [6, 6.07) is 5.92. The van der Waals surface area contributed by atoms with E-state index in [1.54, 1.807) is 6.20 Å². The number of hydrogen-bond donors (Lipinski definition) is 2. The molecule has 1 aliphatic rings. The van der Waals surface area contributed by atoms with Gasteiger partial charge in [-0.15, -0.1) is 0 Å². The highest BCUT2D eigenvalue weighted by atomic mass is 16.2. The van der Waals surface area contributed by atoms with E-state index < -0.39 is 0 Å². The molecule has 1 aromatic rings. The van der Waals surface area contributed by atoms with Crippen molar-refractivity contribution >= 4 is 6.03 Å². The number of amides is 2. The summed E-state index contributed by atoms with van der Waals surface area (Å²) < 4.78 is 0. The van der Waals surface area contributed by atoms with Crippen LogP contribution in [0.4, 0.5) is 4.79 Å². The second-order valence-corrected chi connectivity index (χ2v) is 4.58. The smallest absolute Gasteiger partial charge is 0.315 e. The fourth-order valence-corrected chi connectivity index (χ4v) is 2.20. The van der Waals surface area contributed by atoms with Crippen molar-refractivity contribution in [1.29, 1.82) is 0 Å². The van der Waals surface area contributed by atoms with Crippen molar-refractivity contribution in [2.45, 2.75) is 44.7 Å². The molecule has 4 nitrogen and oxygen atoms in total. The maximum Gasteiger partial charge on any atom is 0.315 e. The van der Waals surface area contributed by atoms with Gasteiger partial charge in [-0.2, -0.15) is 0 Å². The topological polar surface area (TPSA) is 54.0 Å². The third-order valence-electron chi connectivity index (χ3n) is 3.17. The van der Waals surface area contributed by atoms with Crippen molar-refractivity contribution < 1.29 is 4.79 Å². The lowest BCUT2D eigenvalue weighted by Crippen LogP contribution is -2.42. The Hall–Kier alpha value is -1.58. The summed E-state index contributed by atoms with van der Waals surface area (Å²) in [5, 5.41) is 5.91. The first-order valence-corrected chi connectivity index (χ1v) is 6.23. The van der Waals surface area contributed by atoms with Gasteiger partial charge < -0.3 is 10.6 Å². The van der Waals surface area contributed by atoms with Crippen LogP contribution < -0.4 is 10.6 Å². The van der Waals surface area contributed by atoms with Crippen molar-refractivity contribution in [1.82, 2.24) is 15.6 Å². The van der Waals surface area contributed by atoms with Crippen molar-refractivity contribution in [3.8, 4) is 0 Å². The average Bonchev–Trinajstić information content (AvgIpc) is 2.82. The fourth-order valence-electron chi connectivity index (χ4n) is 2.20. The predicted molar refractivity (Wildman–Crippen MR) is 66.6 cm³/mol. The summed E-state index contributed by atoms with van der Waals surface area (Å²) in [6.07, 6.45) is 6.39. The molecular formula is C13H19N3O. The van der Waals surface area contributed by atoms with Crippen LogP contribution in [0.3, 0.4) is 0 Å². The first-order valence-electron chi connectivity index (χ1n) is 6.23. The van der Waals surface area contributed by atoms with E-state index in [4.69, 9.17) is 0 Å². The van der Waals surface area contributed by atoms with Crippen molar-refractivity contribution in [2.75, 3.05) is 0 Å². The molecule has 1 aliphatic carbocycles. The normalized spacial score (nSPS) is 17.7. The highest BCUT2D eigenvalue weighted by Gasteiger charge is 2.18. The lowest BCUT2D eigenvalue weighted by molar-refractivity contribution is 0.234. The van der Waals surface area contributed by atoms with Crippen LogP contribution >= 0.6 is 0 Å². The summed E-state index contributed by atoms with van der Waals surface area (Å²) in [6.45, 7) is 1.94. The molecule has 2 rings (SSSR count). The second kappa shape index (κ2) is 5.66. The molecule has 1 saturated carbocycles. The van der Waals surface area contributed by atoms with Gasteiger partial charge in [0.25, 0.3) is 0 Å². The molecule has 2 amide bonds. The van der Waals surface area contributed by atoms with Gasteiger partial charge in [0.1, 0.15) is 0 Å². The van der Waals surface area contributed by atoms with Crippen LogP contribution in [0.5, 0.6) is 0 Å². The summed E-state index contributed by atoms with van der Waals surface area (Å²) in [5.74, 6) is 0. The molecule has 92 valence electrons. The Balaban J connectivity index is 1.81. The number of carbonyl (C=O) groups excluding carboxylic acids is 1. The Labute approximate surface area is 102 Å². The number of nitrogens with one attached hydrogen (secondary N) is 2. The zero-order chi connectivity index (χ0) is 12.1. The minimum Gasteiger partial charge on any atom is -0.335 e. The minimum atomic E-state index is -0.0879. The maximum atomic E-state index is 11.7. The molecule has 0 aromatic carbocycles. The molecule has 1 fully saturated rings. The maximum absolute atomic E-state index is 11.7. The van der Waals surface area contributed by atoms with Gasteiger partial charge in [-0.3, -0.25) is 4.98 Å². The van der Waals surface area contributed by atoms with Gasteiger partial charge in [-0.05, 0) is 31.9 Å². The lowest BCUT2D eigenvalue weighted by Gasteiger charge is -2.17. The molecule has 0 spiro atoms. The molecular weight excluding hydrogens is 214 g/mol. The number of hydrogen-bond acceptors (Lipinski definition) is 2. The van der Waals surface area contributed by atoms with Crippen LogP contribution in [0.15, 0.2) is 24.4 Å². The molecule has 0 radical (unpaired) electrons. The Morgan fingerprint density at radius 3 is 2.82 bits per heavy atom. The van der Waals surface area contributed by atoms with Crippen molar-refractivity contribution in [3.63, 3.8) is 0 Å². The second-order valence-electron chi connectivity index (χ2n) is 4.58. The largest absolute Gasteiger partial charge is 0.335 e. The number of nitrogens with zero attached hydrogens (tertiary/aromatic N) is 1. The molecule has 2 N–H and O–H groups in total. The van der Waals surface area contributed by atoms with Crippen LogP contribution in [0.25, 0.3) is 0 Å². The number of rotatable bonds is 3. The molecule has 0 bridgehead atoms. The summed E-state index contributed by atoms with van der Waals surface area (Å²) in [5.41, 5.74) is 0.883. The zero-order valence-electron chi connectivity index (χ0n) is 10.1. The molecule has 0 unspecified atom stereocenters. The molecule has 17 heavy (non-hydrogen) atoms. The van der Waals surface area contributed by atoms with Crippen LogP contribution in [0.1, 0.15) is 44.3 Å². The van der Waals surface area contributed by atoms with Gasteiger partial charge in [0, 0.05) is 12.2 Å². The van der Waals surface area contributed by atoms with E-state index in [0.717, 1.165) is 18.5 Å².